The minimum absolute atomic E-state index is 0.0695. The molecule has 1 aliphatic rings. The quantitative estimate of drug-likeness (QED) is 0.481. The summed E-state index contributed by atoms with van der Waals surface area (Å²) in [4.78, 5) is 15.9. The van der Waals surface area contributed by atoms with E-state index < -0.39 is 22.9 Å². The Balaban J connectivity index is 2.00. The molecule has 31 heavy (non-hydrogen) atoms. The van der Waals surface area contributed by atoms with Crippen molar-refractivity contribution in [3.05, 3.63) is 45.7 Å². The molecule has 1 N–H and O–H groups in total. The lowest BCUT2D eigenvalue weighted by molar-refractivity contribution is -0.377. The summed E-state index contributed by atoms with van der Waals surface area (Å²) >= 11 is 12.4. The molecule has 3 atom stereocenters. The van der Waals surface area contributed by atoms with Gasteiger partial charge in [-0.15, -0.1) is 0 Å². The lowest BCUT2D eigenvalue weighted by Crippen LogP contribution is -2.39. The van der Waals surface area contributed by atoms with Crippen LogP contribution in [0.1, 0.15) is 42.6 Å². The van der Waals surface area contributed by atoms with Crippen LogP contribution >= 0.6 is 23.2 Å². The third kappa shape index (κ3) is 5.30. The van der Waals surface area contributed by atoms with Gasteiger partial charge in [-0.1, -0.05) is 30.1 Å². The van der Waals surface area contributed by atoms with Crippen LogP contribution in [0.5, 0.6) is 17.2 Å². The lowest BCUT2D eigenvalue weighted by Gasteiger charge is -2.26. The van der Waals surface area contributed by atoms with Gasteiger partial charge < -0.3 is 14.2 Å². The Hall–Kier alpha value is -1.90. The van der Waals surface area contributed by atoms with E-state index in [1.54, 1.807) is 6.26 Å². The maximum Gasteiger partial charge on any atom is 0.252 e. The van der Waals surface area contributed by atoms with Gasteiger partial charge in [-0.2, -0.15) is 0 Å². The molecule has 0 fully saturated rings. The van der Waals surface area contributed by atoms with E-state index >= 15 is 0 Å². The van der Waals surface area contributed by atoms with E-state index in [0.717, 1.165) is 0 Å². The average molecular weight is 491 g/mol. The number of ketones is 1. The van der Waals surface area contributed by atoms with Crippen molar-refractivity contribution in [2.45, 2.75) is 45.3 Å². The Morgan fingerprint density at radius 1 is 1.26 bits per heavy atom. The first kappa shape index (κ1) is 23.8. The van der Waals surface area contributed by atoms with Crippen LogP contribution in [0.4, 0.5) is 4.39 Å². The molecular weight excluding hydrogens is 468 g/mol. The van der Waals surface area contributed by atoms with Crippen molar-refractivity contribution in [1.82, 2.24) is 0 Å². The minimum Gasteiger partial charge on any atom is -0.457 e. The Morgan fingerprint density at radius 2 is 1.90 bits per heavy atom. The van der Waals surface area contributed by atoms with Crippen molar-refractivity contribution in [1.29, 1.82) is 0 Å². The molecule has 0 aliphatic carbocycles. The molecule has 0 bridgehead atoms. The molecule has 0 spiro atoms. The van der Waals surface area contributed by atoms with Crippen molar-refractivity contribution in [2.75, 3.05) is 12.0 Å². The summed E-state index contributed by atoms with van der Waals surface area (Å²) in [6.45, 7) is 3.09. The molecule has 2 heterocycles. The van der Waals surface area contributed by atoms with E-state index in [9.17, 15) is 13.4 Å². The third-order valence-electron chi connectivity index (χ3n) is 4.89. The van der Waals surface area contributed by atoms with E-state index in [0.29, 0.717) is 34.2 Å². The number of rotatable bonds is 9. The SMILES string of the molecule is CCC1(CCS(C)=O)Oc2c(OC(C)F)ccc(C(=O)Cc3c(Cl)c[nH+]cc3Cl)c2O1. The van der Waals surface area contributed by atoms with Crippen LogP contribution in [0.25, 0.3) is 0 Å². The molecule has 3 rings (SSSR count). The summed E-state index contributed by atoms with van der Waals surface area (Å²) in [5.41, 5.74) is 0.711. The van der Waals surface area contributed by atoms with E-state index in [2.05, 4.69) is 4.98 Å². The van der Waals surface area contributed by atoms with Gasteiger partial charge >= 0.3 is 0 Å². The predicted molar refractivity (Wildman–Crippen MR) is 117 cm³/mol. The molecule has 1 aromatic heterocycles. The van der Waals surface area contributed by atoms with Crippen molar-refractivity contribution in [3.8, 4) is 17.2 Å². The Labute approximate surface area is 192 Å². The fourth-order valence-electron chi connectivity index (χ4n) is 3.25. The zero-order chi connectivity index (χ0) is 22.8. The number of aromatic amines is 1. The maximum absolute atomic E-state index is 13.6. The highest BCUT2D eigenvalue weighted by atomic mass is 35.5. The smallest absolute Gasteiger partial charge is 0.252 e. The lowest BCUT2D eigenvalue weighted by atomic mass is 10.0. The fraction of sp³-hybridized carbons (Fsp3) is 0.429. The molecule has 2 aromatic rings. The molecule has 6 nitrogen and oxygen atoms in total. The van der Waals surface area contributed by atoms with Crippen LogP contribution < -0.4 is 19.2 Å². The minimum atomic E-state index is -1.59. The number of nitrogens with one attached hydrogen (secondary N) is 1. The standard InChI is InChI=1S/C21H22Cl2FNO5S/c1-4-21(7-8-31(3)27)29-19-13(5-6-18(20(19)30-21)28-12(2)24)17(26)9-14-15(22)10-25-11-16(14)23/h5-6,10-12H,4,7-9H2,1-3H3/p+1. The van der Waals surface area contributed by atoms with Gasteiger partial charge in [-0.05, 0) is 12.1 Å². The van der Waals surface area contributed by atoms with Gasteiger partial charge in [0.15, 0.2) is 29.7 Å². The molecule has 168 valence electrons. The Morgan fingerprint density at radius 3 is 2.48 bits per heavy atom. The van der Waals surface area contributed by atoms with Crippen molar-refractivity contribution >= 4 is 39.8 Å². The number of H-pyrrole nitrogens is 1. The van der Waals surface area contributed by atoms with Gasteiger partial charge in [-0.25, -0.2) is 9.37 Å². The van der Waals surface area contributed by atoms with Crippen LogP contribution in [0, 0.1) is 0 Å². The van der Waals surface area contributed by atoms with Gasteiger partial charge in [0.25, 0.3) is 5.79 Å². The number of pyridine rings is 1. The first-order valence-corrected chi connectivity index (χ1v) is 12.2. The van der Waals surface area contributed by atoms with E-state index in [4.69, 9.17) is 37.4 Å². The number of alkyl halides is 1. The highest BCUT2D eigenvalue weighted by molar-refractivity contribution is 7.84. The average Bonchev–Trinajstić information content (AvgIpc) is 3.10. The number of hydrogen-bond donors (Lipinski definition) is 0. The number of hydrogen-bond acceptors (Lipinski definition) is 5. The molecular formula is C21H23Cl2FNO5S+. The molecule has 0 saturated heterocycles. The Kier molecular flexibility index (Phi) is 7.44. The van der Waals surface area contributed by atoms with Gasteiger partial charge in [-0.3, -0.25) is 9.00 Å². The van der Waals surface area contributed by atoms with Crippen LogP contribution in [-0.2, 0) is 17.2 Å². The zero-order valence-corrected chi connectivity index (χ0v) is 19.6. The highest BCUT2D eigenvalue weighted by Gasteiger charge is 2.44. The van der Waals surface area contributed by atoms with Crippen LogP contribution in [-0.4, -0.2) is 34.1 Å². The number of carbonyl (C=O) groups is 1. The number of halogens is 3. The largest absolute Gasteiger partial charge is 0.457 e. The second kappa shape index (κ2) is 9.71. The number of carbonyl (C=O) groups excluding carboxylic acids is 1. The number of Topliss-reactive ketones (excluding diaryl/α,β-unsaturated/α-hetero) is 1. The summed E-state index contributed by atoms with van der Waals surface area (Å²) in [6, 6.07) is 2.97. The molecule has 3 unspecified atom stereocenters. The zero-order valence-electron chi connectivity index (χ0n) is 17.3. The van der Waals surface area contributed by atoms with Crippen molar-refractivity contribution < 1.29 is 32.6 Å². The topological polar surface area (TPSA) is 76.0 Å². The van der Waals surface area contributed by atoms with Crippen LogP contribution in [0.15, 0.2) is 24.5 Å². The molecule has 1 aliphatic heterocycles. The second-order valence-corrected chi connectivity index (χ2v) is 9.52. The number of fused-ring (bicyclic) bond motifs is 1. The molecule has 0 saturated carbocycles. The van der Waals surface area contributed by atoms with Crippen molar-refractivity contribution in [2.24, 2.45) is 0 Å². The number of ether oxygens (including phenoxy) is 3. The monoisotopic (exact) mass is 490 g/mol. The van der Waals surface area contributed by atoms with Gasteiger partial charge in [0.1, 0.15) is 10.0 Å². The maximum atomic E-state index is 13.6. The molecule has 10 heteroatoms. The molecule has 0 radical (unpaired) electrons. The van der Waals surface area contributed by atoms with Crippen molar-refractivity contribution in [3.63, 3.8) is 0 Å². The van der Waals surface area contributed by atoms with Gasteiger partial charge in [0.05, 0.1) is 5.56 Å². The van der Waals surface area contributed by atoms with E-state index in [1.165, 1.54) is 31.5 Å². The van der Waals surface area contributed by atoms with E-state index in [1.807, 2.05) is 6.92 Å². The summed E-state index contributed by atoms with van der Waals surface area (Å²) in [6.07, 6.45) is 3.74. The normalized spacial score (nSPS) is 19.2. The summed E-state index contributed by atoms with van der Waals surface area (Å²) in [7, 11) is -1.07. The second-order valence-electron chi connectivity index (χ2n) is 7.16. The number of benzene rings is 1. The first-order valence-electron chi connectivity index (χ1n) is 9.68. The third-order valence-corrected chi connectivity index (χ3v) is 6.34. The van der Waals surface area contributed by atoms with Gasteiger partial charge in [0, 0.05) is 54.6 Å². The summed E-state index contributed by atoms with van der Waals surface area (Å²) in [5.74, 6) is -0.647. The Bertz CT molecular complexity index is 999. The van der Waals surface area contributed by atoms with E-state index in [-0.39, 0.29) is 35.0 Å². The molecule has 0 amide bonds. The predicted octanol–water partition coefficient (Wildman–Crippen LogP) is 4.57. The fourth-order valence-corrected chi connectivity index (χ4v) is 4.36. The van der Waals surface area contributed by atoms with Crippen LogP contribution in [0.2, 0.25) is 10.0 Å². The summed E-state index contributed by atoms with van der Waals surface area (Å²) in [5, 5.41) is 0.656. The highest BCUT2D eigenvalue weighted by Crippen LogP contribution is 2.50. The van der Waals surface area contributed by atoms with Crippen LogP contribution in [0.3, 0.4) is 0 Å². The summed E-state index contributed by atoms with van der Waals surface area (Å²) < 4.78 is 42.6. The number of aromatic nitrogens is 1. The first-order chi connectivity index (χ1) is 14.7. The van der Waals surface area contributed by atoms with Gasteiger partial charge in [0.2, 0.25) is 12.1 Å². The molecule has 1 aromatic carbocycles.